The van der Waals surface area contributed by atoms with Crippen molar-refractivity contribution in [2.45, 2.75) is 11.8 Å². The fraction of sp³-hybridized carbons (Fsp3) is 0.273. The highest BCUT2D eigenvalue weighted by molar-refractivity contribution is 7.89. The standard InChI is InChI=1S/C11H13FN2O2S/c1-3-5-14(4-2)17(15,16)11-7-9(12)6-10(13)8-11/h1,6-8H,4-5,13H2,2H3. The Balaban J connectivity index is 3.25. The number of hydrogen-bond acceptors (Lipinski definition) is 3. The molecule has 17 heavy (non-hydrogen) atoms. The molecule has 0 aliphatic rings. The molecule has 0 amide bonds. The van der Waals surface area contributed by atoms with Crippen molar-refractivity contribution in [1.82, 2.24) is 4.31 Å². The topological polar surface area (TPSA) is 63.4 Å². The van der Waals surface area contributed by atoms with E-state index in [0.717, 1.165) is 16.4 Å². The van der Waals surface area contributed by atoms with E-state index in [9.17, 15) is 12.8 Å². The molecule has 0 saturated carbocycles. The molecule has 1 rings (SSSR count). The Morgan fingerprint density at radius 2 is 2.12 bits per heavy atom. The summed E-state index contributed by atoms with van der Waals surface area (Å²) in [6, 6.07) is 3.18. The number of benzene rings is 1. The molecule has 0 aliphatic heterocycles. The minimum absolute atomic E-state index is 0.0559. The van der Waals surface area contributed by atoms with Crippen LogP contribution in [0.1, 0.15) is 6.92 Å². The van der Waals surface area contributed by atoms with E-state index in [1.165, 1.54) is 6.07 Å². The van der Waals surface area contributed by atoms with Crippen LogP contribution < -0.4 is 5.73 Å². The highest BCUT2D eigenvalue weighted by atomic mass is 32.2. The summed E-state index contributed by atoms with van der Waals surface area (Å²) < 4.78 is 38.3. The van der Waals surface area contributed by atoms with Gasteiger partial charge >= 0.3 is 0 Å². The van der Waals surface area contributed by atoms with Crippen molar-refractivity contribution in [2.75, 3.05) is 18.8 Å². The fourth-order valence-electron chi connectivity index (χ4n) is 1.35. The summed E-state index contributed by atoms with van der Waals surface area (Å²) in [6.07, 6.45) is 5.08. The van der Waals surface area contributed by atoms with E-state index in [1.807, 2.05) is 0 Å². The molecule has 0 fully saturated rings. The van der Waals surface area contributed by atoms with Crippen LogP contribution in [-0.2, 0) is 10.0 Å². The third kappa shape index (κ3) is 2.96. The first-order valence-electron chi connectivity index (χ1n) is 4.91. The number of terminal acetylenes is 1. The fourth-order valence-corrected chi connectivity index (χ4v) is 2.78. The molecule has 0 unspecified atom stereocenters. The van der Waals surface area contributed by atoms with Crippen LogP contribution in [0, 0.1) is 18.2 Å². The van der Waals surface area contributed by atoms with Crippen LogP contribution in [0.5, 0.6) is 0 Å². The molecule has 1 aromatic carbocycles. The molecule has 0 saturated heterocycles. The summed E-state index contributed by atoms with van der Waals surface area (Å²) in [5, 5.41) is 0. The first-order chi connectivity index (χ1) is 7.91. The van der Waals surface area contributed by atoms with Crippen molar-refractivity contribution >= 4 is 15.7 Å². The lowest BCUT2D eigenvalue weighted by Gasteiger charge is -2.18. The van der Waals surface area contributed by atoms with Crippen LogP contribution in [-0.4, -0.2) is 25.8 Å². The van der Waals surface area contributed by atoms with Crippen molar-refractivity contribution in [3.8, 4) is 12.3 Å². The van der Waals surface area contributed by atoms with Crippen molar-refractivity contribution in [3.05, 3.63) is 24.0 Å². The van der Waals surface area contributed by atoms with E-state index in [2.05, 4.69) is 5.92 Å². The van der Waals surface area contributed by atoms with E-state index in [-0.39, 0.29) is 23.7 Å². The number of anilines is 1. The minimum Gasteiger partial charge on any atom is -0.399 e. The molecule has 92 valence electrons. The van der Waals surface area contributed by atoms with Gasteiger partial charge < -0.3 is 5.73 Å². The number of nitrogen functional groups attached to an aromatic ring is 1. The summed E-state index contributed by atoms with van der Waals surface area (Å²) in [5.41, 5.74) is 5.46. The highest BCUT2D eigenvalue weighted by Gasteiger charge is 2.23. The number of sulfonamides is 1. The van der Waals surface area contributed by atoms with Gasteiger partial charge in [0.1, 0.15) is 5.82 Å². The summed E-state index contributed by atoms with van der Waals surface area (Å²) in [5.74, 6) is 1.55. The van der Waals surface area contributed by atoms with Gasteiger partial charge in [-0.15, -0.1) is 6.42 Å². The van der Waals surface area contributed by atoms with E-state index < -0.39 is 15.8 Å². The maximum absolute atomic E-state index is 13.1. The lowest BCUT2D eigenvalue weighted by molar-refractivity contribution is 0.463. The third-order valence-electron chi connectivity index (χ3n) is 2.15. The highest BCUT2D eigenvalue weighted by Crippen LogP contribution is 2.19. The van der Waals surface area contributed by atoms with Crippen LogP contribution in [0.2, 0.25) is 0 Å². The van der Waals surface area contributed by atoms with Gasteiger partial charge in [0.05, 0.1) is 11.4 Å². The van der Waals surface area contributed by atoms with Crippen molar-refractivity contribution in [3.63, 3.8) is 0 Å². The van der Waals surface area contributed by atoms with Gasteiger partial charge in [0.15, 0.2) is 0 Å². The SMILES string of the molecule is C#CCN(CC)S(=O)(=O)c1cc(N)cc(F)c1. The lowest BCUT2D eigenvalue weighted by atomic mass is 10.3. The largest absolute Gasteiger partial charge is 0.399 e. The second kappa shape index (κ2) is 5.17. The Kier molecular flexibility index (Phi) is 4.10. The van der Waals surface area contributed by atoms with Gasteiger partial charge in [-0.25, -0.2) is 12.8 Å². The number of nitrogens with zero attached hydrogens (tertiary/aromatic N) is 1. The molecule has 0 heterocycles. The Hall–Kier alpha value is -1.58. The molecule has 0 radical (unpaired) electrons. The monoisotopic (exact) mass is 256 g/mol. The van der Waals surface area contributed by atoms with Gasteiger partial charge in [0, 0.05) is 12.2 Å². The minimum atomic E-state index is -3.79. The predicted octanol–water partition coefficient (Wildman–Crippen LogP) is 1.05. The van der Waals surface area contributed by atoms with E-state index in [1.54, 1.807) is 6.92 Å². The smallest absolute Gasteiger partial charge is 0.244 e. The van der Waals surface area contributed by atoms with Crippen molar-refractivity contribution in [2.24, 2.45) is 0 Å². The van der Waals surface area contributed by atoms with Gasteiger partial charge in [-0.1, -0.05) is 12.8 Å². The van der Waals surface area contributed by atoms with Crippen LogP contribution in [0.15, 0.2) is 23.1 Å². The summed E-state index contributed by atoms with van der Waals surface area (Å²) in [6.45, 7) is 1.80. The molecule has 0 atom stereocenters. The quantitative estimate of drug-likeness (QED) is 0.647. The molecule has 2 N–H and O–H groups in total. The van der Waals surface area contributed by atoms with E-state index in [4.69, 9.17) is 12.2 Å². The summed E-state index contributed by atoms with van der Waals surface area (Å²) in [4.78, 5) is -0.188. The van der Waals surface area contributed by atoms with Crippen LogP contribution in [0.4, 0.5) is 10.1 Å². The van der Waals surface area contributed by atoms with Gasteiger partial charge in [-0.3, -0.25) is 0 Å². The molecule has 0 spiro atoms. The average Bonchev–Trinajstić information content (AvgIpc) is 2.24. The molecule has 6 heteroatoms. The van der Waals surface area contributed by atoms with Crippen LogP contribution in [0.25, 0.3) is 0 Å². The molecule has 1 aromatic rings. The van der Waals surface area contributed by atoms with Crippen LogP contribution >= 0.6 is 0 Å². The zero-order chi connectivity index (χ0) is 13.1. The number of rotatable bonds is 4. The van der Waals surface area contributed by atoms with E-state index in [0.29, 0.717) is 0 Å². The second-order valence-electron chi connectivity index (χ2n) is 3.36. The number of nitrogens with two attached hydrogens (primary N) is 1. The molecular formula is C11H13FN2O2S. The second-order valence-corrected chi connectivity index (χ2v) is 5.29. The third-order valence-corrected chi connectivity index (χ3v) is 4.05. The first kappa shape index (κ1) is 13.5. The molecule has 0 aromatic heterocycles. The van der Waals surface area contributed by atoms with Gasteiger partial charge in [-0.2, -0.15) is 4.31 Å². The normalized spacial score (nSPS) is 11.4. The maximum atomic E-state index is 13.1. The lowest BCUT2D eigenvalue weighted by Crippen LogP contribution is -2.31. The van der Waals surface area contributed by atoms with E-state index >= 15 is 0 Å². The van der Waals surface area contributed by atoms with Crippen molar-refractivity contribution in [1.29, 1.82) is 0 Å². The summed E-state index contributed by atoms with van der Waals surface area (Å²) in [7, 11) is -3.79. The molecule has 4 nitrogen and oxygen atoms in total. The van der Waals surface area contributed by atoms with Gasteiger partial charge in [0.25, 0.3) is 0 Å². The Morgan fingerprint density at radius 1 is 1.47 bits per heavy atom. The van der Waals surface area contributed by atoms with Gasteiger partial charge in [0.2, 0.25) is 10.0 Å². The molecular weight excluding hydrogens is 243 g/mol. The average molecular weight is 256 g/mol. The summed E-state index contributed by atoms with van der Waals surface area (Å²) >= 11 is 0. The molecule has 0 bridgehead atoms. The zero-order valence-corrected chi connectivity index (χ0v) is 10.2. The van der Waals surface area contributed by atoms with Crippen molar-refractivity contribution < 1.29 is 12.8 Å². The predicted molar refractivity (Wildman–Crippen MR) is 64.1 cm³/mol. The number of halogens is 1. The Bertz CT molecular complexity index is 529. The van der Waals surface area contributed by atoms with Gasteiger partial charge in [-0.05, 0) is 18.2 Å². The Morgan fingerprint density at radius 3 is 2.59 bits per heavy atom. The Labute approximate surface area is 100 Å². The first-order valence-corrected chi connectivity index (χ1v) is 6.35. The van der Waals surface area contributed by atoms with Crippen LogP contribution in [0.3, 0.4) is 0 Å². The number of hydrogen-bond donors (Lipinski definition) is 1. The zero-order valence-electron chi connectivity index (χ0n) is 9.35. The maximum Gasteiger partial charge on any atom is 0.244 e. The molecule has 0 aliphatic carbocycles.